The van der Waals surface area contributed by atoms with Crippen LogP contribution in [0.2, 0.25) is 0 Å². The van der Waals surface area contributed by atoms with Gasteiger partial charge in [0.25, 0.3) is 5.91 Å². The smallest absolute Gasteiger partial charge is 0.253 e. The summed E-state index contributed by atoms with van der Waals surface area (Å²) in [6, 6.07) is 10.5. The minimum Gasteiger partial charge on any atom is -0.337 e. The van der Waals surface area contributed by atoms with Crippen molar-refractivity contribution in [2.45, 2.75) is 30.2 Å². The summed E-state index contributed by atoms with van der Waals surface area (Å²) >= 11 is 1.61. The average Bonchev–Trinajstić information content (AvgIpc) is 3.21. The van der Waals surface area contributed by atoms with Crippen LogP contribution in [0.3, 0.4) is 0 Å². The first-order valence-electron chi connectivity index (χ1n) is 9.44. The van der Waals surface area contributed by atoms with Gasteiger partial charge >= 0.3 is 0 Å². The lowest BCUT2D eigenvalue weighted by atomic mass is 10.0. The molecule has 3 rings (SSSR count). The van der Waals surface area contributed by atoms with Crippen LogP contribution in [0.15, 0.2) is 46.7 Å². The third-order valence-electron chi connectivity index (χ3n) is 5.07. The van der Waals surface area contributed by atoms with E-state index in [2.05, 4.69) is 9.62 Å². The lowest BCUT2D eigenvalue weighted by Crippen LogP contribution is -2.47. The Hall–Kier alpha value is -1.74. The molecule has 2 heterocycles. The summed E-state index contributed by atoms with van der Waals surface area (Å²) in [5.74, 6) is -0.0406. The fraction of sp³-hybridized carbons (Fsp3) is 0.450. The molecule has 1 unspecified atom stereocenters. The first kappa shape index (κ1) is 21.0. The van der Waals surface area contributed by atoms with Gasteiger partial charge in [0, 0.05) is 36.1 Å². The zero-order valence-electron chi connectivity index (χ0n) is 16.3. The largest absolute Gasteiger partial charge is 0.337 e. The Labute approximate surface area is 171 Å². The maximum atomic E-state index is 12.8. The number of nitrogens with zero attached hydrogens (tertiary/aromatic N) is 2. The number of thiophene rings is 1. The number of carbonyl (C=O) groups is 1. The Morgan fingerprint density at radius 3 is 2.64 bits per heavy atom. The molecule has 0 aliphatic carbocycles. The quantitative estimate of drug-likeness (QED) is 0.746. The summed E-state index contributed by atoms with van der Waals surface area (Å²) in [7, 11) is 0.485. The molecule has 0 bridgehead atoms. The highest BCUT2D eigenvalue weighted by Crippen LogP contribution is 2.18. The van der Waals surface area contributed by atoms with E-state index in [-0.39, 0.29) is 10.8 Å². The van der Waals surface area contributed by atoms with E-state index in [1.165, 1.54) is 12.1 Å². The molecule has 2 aromatic rings. The number of sulfonamides is 1. The number of hydrogen-bond donors (Lipinski definition) is 1. The van der Waals surface area contributed by atoms with E-state index in [1.807, 2.05) is 36.5 Å². The lowest BCUT2D eigenvalue weighted by molar-refractivity contribution is 0.0635. The summed E-state index contributed by atoms with van der Waals surface area (Å²) < 4.78 is 27.5. The molecule has 1 aromatic carbocycles. The Kier molecular flexibility index (Phi) is 6.87. The topological polar surface area (TPSA) is 69.7 Å². The number of carbonyl (C=O) groups excluding carboxylic acids is 1. The van der Waals surface area contributed by atoms with Gasteiger partial charge < -0.3 is 9.80 Å². The summed E-state index contributed by atoms with van der Waals surface area (Å²) in [5, 5.41) is 1.97. The lowest BCUT2D eigenvalue weighted by Gasteiger charge is -2.36. The van der Waals surface area contributed by atoms with Gasteiger partial charge in [-0.05, 0) is 69.1 Å². The van der Waals surface area contributed by atoms with Crippen LogP contribution in [0.25, 0.3) is 0 Å². The SMILES string of the molecule is CN(C)C1CCCN(C(=O)c2ccc(S(=O)(=O)NCCc3cccs3)cc2)C1. The third-order valence-corrected chi connectivity index (χ3v) is 7.48. The van der Waals surface area contributed by atoms with Gasteiger partial charge in [0.05, 0.1) is 4.90 Å². The number of hydrogen-bond acceptors (Lipinski definition) is 5. The van der Waals surface area contributed by atoms with Gasteiger partial charge in [0.15, 0.2) is 0 Å². The fourth-order valence-corrected chi connectivity index (χ4v) is 5.11. The van der Waals surface area contributed by atoms with Crippen LogP contribution in [0, 0.1) is 0 Å². The van der Waals surface area contributed by atoms with E-state index in [0.717, 1.165) is 24.3 Å². The average molecular weight is 422 g/mol. The number of amides is 1. The number of likely N-dealkylation sites (N-methyl/N-ethyl adjacent to an activating group) is 1. The highest BCUT2D eigenvalue weighted by Gasteiger charge is 2.25. The predicted molar refractivity (Wildman–Crippen MR) is 112 cm³/mol. The van der Waals surface area contributed by atoms with Crippen molar-refractivity contribution < 1.29 is 13.2 Å². The summed E-state index contributed by atoms with van der Waals surface area (Å²) in [6.07, 6.45) is 2.73. The molecular weight excluding hydrogens is 394 g/mol. The zero-order valence-corrected chi connectivity index (χ0v) is 17.9. The van der Waals surface area contributed by atoms with Gasteiger partial charge in [-0.1, -0.05) is 6.07 Å². The van der Waals surface area contributed by atoms with Gasteiger partial charge in [0.2, 0.25) is 10.0 Å². The third kappa shape index (κ3) is 5.20. The van der Waals surface area contributed by atoms with Gasteiger partial charge in [-0.2, -0.15) is 0 Å². The molecule has 1 N–H and O–H groups in total. The second-order valence-electron chi connectivity index (χ2n) is 7.26. The Balaban J connectivity index is 1.61. The van der Waals surface area contributed by atoms with Crippen LogP contribution in [0.5, 0.6) is 0 Å². The molecule has 1 atom stereocenters. The number of piperidine rings is 1. The van der Waals surface area contributed by atoms with Crippen molar-refractivity contribution in [3.63, 3.8) is 0 Å². The van der Waals surface area contributed by atoms with E-state index < -0.39 is 10.0 Å². The molecule has 1 amide bonds. The molecule has 1 saturated heterocycles. The molecule has 1 aliphatic heterocycles. The summed E-state index contributed by atoms with van der Waals surface area (Å²) in [5.41, 5.74) is 0.525. The van der Waals surface area contributed by atoms with Crippen LogP contribution in [0.1, 0.15) is 28.1 Å². The van der Waals surface area contributed by atoms with E-state index in [4.69, 9.17) is 0 Å². The van der Waals surface area contributed by atoms with E-state index >= 15 is 0 Å². The van der Waals surface area contributed by atoms with Crippen LogP contribution in [0.4, 0.5) is 0 Å². The molecule has 1 aliphatic rings. The number of rotatable bonds is 7. The number of benzene rings is 1. The van der Waals surface area contributed by atoms with Crippen molar-refractivity contribution in [1.29, 1.82) is 0 Å². The molecular formula is C20H27N3O3S2. The molecule has 6 nitrogen and oxygen atoms in total. The van der Waals surface area contributed by atoms with Crippen molar-refractivity contribution in [2.24, 2.45) is 0 Å². The Morgan fingerprint density at radius 1 is 1.25 bits per heavy atom. The number of likely N-dealkylation sites (tertiary alicyclic amines) is 1. The van der Waals surface area contributed by atoms with E-state index in [9.17, 15) is 13.2 Å². The van der Waals surface area contributed by atoms with Crippen molar-refractivity contribution in [3.8, 4) is 0 Å². The molecule has 1 aromatic heterocycles. The van der Waals surface area contributed by atoms with Crippen LogP contribution in [-0.4, -0.2) is 63.9 Å². The maximum Gasteiger partial charge on any atom is 0.253 e. The van der Waals surface area contributed by atoms with Gasteiger partial charge in [-0.15, -0.1) is 11.3 Å². The first-order chi connectivity index (χ1) is 13.4. The molecule has 152 valence electrons. The summed E-state index contributed by atoms with van der Waals surface area (Å²) in [4.78, 5) is 18.1. The van der Waals surface area contributed by atoms with Crippen molar-refractivity contribution in [2.75, 3.05) is 33.7 Å². The predicted octanol–water partition coefficient (Wildman–Crippen LogP) is 2.44. The monoisotopic (exact) mass is 421 g/mol. The number of nitrogens with one attached hydrogen (secondary N) is 1. The minimum absolute atomic E-state index is 0.0406. The van der Waals surface area contributed by atoms with Crippen molar-refractivity contribution in [1.82, 2.24) is 14.5 Å². The first-order valence-corrected chi connectivity index (χ1v) is 11.8. The van der Waals surface area contributed by atoms with E-state index in [0.29, 0.717) is 31.1 Å². The highest BCUT2D eigenvalue weighted by molar-refractivity contribution is 7.89. The maximum absolute atomic E-state index is 12.8. The van der Waals surface area contributed by atoms with E-state index in [1.54, 1.807) is 23.5 Å². The molecule has 0 spiro atoms. The van der Waals surface area contributed by atoms with Crippen LogP contribution in [-0.2, 0) is 16.4 Å². The Bertz CT molecular complexity index is 878. The zero-order chi connectivity index (χ0) is 20.1. The molecule has 28 heavy (non-hydrogen) atoms. The van der Waals surface area contributed by atoms with Crippen molar-refractivity contribution in [3.05, 3.63) is 52.2 Å². The standard InChI is InChI=1S/C20H27N3O3S2/c1-22(2)17-5-3-13-23(15-17)20(24)16-7-9-19(10-8-16)28(25,26)21-12-11-18-6-4-14-27-18/h4,6-10,14,17,21H,3,5,11-13,15H2,1-2H3. The normalized spacial score (nSPS) is 17.8. The molecule has 1 fully saturated rings. The van der Waals surface area contributed by atoms with Gasteiger partial charge in [-0.3, -0.25) is 4.79 Å². The molecule has 0 radical (unpaired) electrons. The minimum atomic E-state index is -3.58. The molecule has 0 saturated carbocycles. The van der Waals surface area contributed by atoms with Crippen molar-refractivity contribution >= 4 is 27.3 Å². The molecule has 8 heteroatoms. The van der Waals surface area contributed by atoms with Gasteiger partial charge in [-0.25, -0.2) is 13.1 Å². The van der Waals surface area contributed by atoms with Gasteiger partial charge in [0.1, 0.15) is 0 Å². The Morgan fingerprint density at radius 2 is 2.00 bits per heavy atom. The second-order valence-corrected chi connectivity index (χ2v) is 10.1. The van der Waals surface area contributed by atoms with Crippen LogP contribution >= 0.6 is 11.3 Å². The highest BCUT2D eigenvalue weighted by atomic mass is 32.2. The summed E-state index contributed by atoms with van der Waals surface area (Å²) in [6.45, 7) is 1.80. The fourth-order valence-electron chi connectivity index (χ4n) is 3.37. The van der Waals surface area contributed by atoms with Crippen LogP contribution < -0.4 is 4.72 Å². The second kappa shape index (κ2) is 9.17.